The normalized spacial score (nSPS) is 10.2. The van der Waals surface area contributed by atoms with Gasteiger partial charge in [0.1, 0.15) is 0 Å². The lowest BCUT2D eigenvalue weighted by Gasteiger charge is -2.12. The van der Waals surface area contributed by atoms with E-state index in [-0.39, 0.29) is 11.1 Å². The third-order valence-corrected chi connectivity index (χ3v) is 3.29. The standard InChI is InChI=1S/C16H16O6/c1-19-13-7-9-5-11(15(17)21-3)12(16(18)22-4)6-10(9)8-14(13)20-2/h5-8H,1-4H3. The predicted molar refractivity (Wildman–Crippen MR) is 79.7 cm³/mol. The van der Waals surface area contributed by atoms with Gasteiger partial charge in [-0.25, -0.2) is 9.59 Å². The fourth-order valence-corrected chi connectivity index (χ4v) is 2.18. The third kappa shape index (κ3) is 2.67. The molecule has 22 heavy (non-hydrogen) atoms. The van der Waals surface area contributed by atoms with Crippen LogP contribution in [0.5, 0.6) is 11.5 Å². The van der Waals surface area contributed by atoms with E-state index in [1.807, 2.05) is 0 Å². The Bertz CT molecular complexity index is 672. The Hall–Kier alpha value is -2.76. The molecule has 0 N–H and O–H groups in total. The first kappa shape index (κ1) is 15.6. The largest absolute Gasteiger partial charge is 0.493 e. The van der Waals surface area contributed by atoms with Crippen molar-refractivity contribution in [3.8, 4) is 11.5 Å². The summed E-state index contributed by atoms with van der Waals surface area (Å²) in [5.41, 5.74) is 0.267. The van der Waals surface area contributed by atoms with Crippen LogP contribution in [0, 0.1) is 0 Å². The highest BCUT2D eigenvalue weighted by atomic mass is 16.5. The van der Waals surface area contributed by atoms with Crippen molar-refractivity contribution in [2.75, 3.05) is 28.4 Å². The summed E-state index contributed by atoms with van der Waals surface area (Å²) >= 11 is 0. The number of hydrogen-bond acceptors (Lipinski definition) is 6. The van der Waals surface area contributed by atoms with Gasteiger partial charge in [-0.05, 0) is 35.0 Å². The number of rotatable bonds is 4. The van der Waals surface area contributed by atoms with Gasteiger partial charge in [-0.1, -0.05) is 0 Å². The Morgan fingerprint density at radius 2 is 1.05 bits per heavy atom. The molecule has 0 spiro atoms. The summed E-state index contributed by atoms with van der Waals surface area (Å²) in [6.07, 6.45) is 0. The van der Waals surface area contributed by atoms with Crippen LogP contribution in [0.15, 0.2) is 24.3 Å². The van der Waals surface area contributed by atoms with E-state index < -0.39 is 11.9 Å². The molecule has 6 heteroatoms. The molecule has 0 aliphatic rings. The van der Waals surface area contributed by atoms with E-state index >= 15 is 0 Å². The van der Waals surface area contributed by atoms with Crippen LogP contribution in [0.25, 0.3) is 10.8 Å². The van der Waals surface area contributed by atoms with E-state index in [0.29, 0.717) is 22.3 Å². The molecular formula is C16H16O6. The molecule has 2 aromatic rings. The highest BCUT2D eigenvalue weighted by Crippen LogP contribution is 2.33. The fourth-order valence-electron chi connectivity index (χ4n) is 2.18. The second-order valence-corrected chi connectivity index (χ2v) is 4.44. The van der Waals surface area contributed by atoms with E-state index in [1.54, 1.807) is 24.3 Å². The molecule has 0 heterocycles. The zero-order valence-electron chi connectivity index (χ0n) is 12.8. The minimum Gasteiger partial charge on any atom is -0.493 e. The van der Waals surface area contributed by atoms with Crippen LogP contribution in [0.2, 0.25) is 0 Å². The van der Waals surface area contributed by atoms with E-state index in [0.717, 1.165) is 0 Å². The van der Waals surface area contributed by atoms with Crippen molar-refractivity contribution < 1.29 is 28.5 Å². The number of carbonyl (C=O) groups is 2. The van der Waals surface area contributed by atoms with E-state index in [1.165, 1.54) is 28.4 Å². The molecular weight excluding hydrogens is 288 g/mol. The van der Waals surface area contributed by atoms with Gasteiger partial charge in [-0.2, -0.15) is 0 Å². The summed E-state index contributed by atoms with van der Waals surface area (Å²) in [6, 6.07) is 6.58. The van der Waals surface area contributed by atoms with Crippen LogP contribution < -0.4 is 9.47 Å². The zero-order valence-corrected chi connectivity index (χ0v) is 12.8. The molecule has 2 aromatic carbocycles. The highest BCUT2D eigenvalue weighted by molar-refractivity contribution is 6.07. The van der Waals surface area contributed by atoms with Crippen LogP contribution in [-0.2, 0) is 9.47 Å². The maximum atomic E-state index is 11.9. The molecule has 0 aliphatic carbocycles. The van der Waals surface area contributed by atoms with E-state index in [9.17, 15) is 9.59 Å². The van der Waals surface area contributed by atoms with Gasteiger partial charge in [0.05, 0.1) is 39.6 Å². The summed E-state index contributed by atoms with van der Waals surface area (Å²) < 4.78 is 19.9. The van der Waals surface area contributed by atoms with Gasteiger partial charge in [0.15, 0.2) is 11.5 Å². The Morgan fingerprint density at radius 1 is 0.682 bits per heavy atom. The van der Waals surface area contributed by atoms with Crippen molar-refractivity contribution in [1.82, 2.24) is 0 Å². The molecule has 0 unspecified atom stereocenters. The molecule has 6 nitrogen and oxygen atoms in total. The van der Waals surface area contributed by atoms with Crippen molar-refractivity contribution >= 4 is 22.7 Å². The number of benzene rings is 2. The second kappa shape index (κ2) is 6.34. The predicted octanol–water partition coefficient (Wildman–Crippen LogP) is 2.43. The average molecular weight is 304 g/mol. The van der Waals surface area contributed by atoms with Crippen LogP contribution in [0.4, 0.5) is 0 Å². The molecule has 116 valence electrons. The van der Waals surface area contributed by atoms with Crippen molar-refractivity contribution in [3.63, 3.8) is 0 Å². The van der Waals surface area contributed by atoms with Crippen molar-refractivity contribution in [2.24, 2.45) is 0 Å². The summed E-state index contributed by atoms with van der Waals surface area (Å²) in [5.74, 6) is -0.178. The summed E-state index contributed by atoms with van der Waals surface area (Å²) in [6.45, 7) is 0. The van der Waals surface area contributed by atoms with Gasteiger partial charge in [0.2, 0.25) is 0 Å². The average Bonchev–Trinajstić information content (AvgIpc) is 2.57. The molecule has 0 saturated carbocycles. The molecule has 0 aliphatic heterocycles. The Balaban J connectivity index is 2.76. The van der Waals surface area contributed by atoms with Crippen LogP contribution in [-0.4, -0.2) is 40.4 Å². The van der Waals surface area contributed by atoms with E-state index in [2.05, 4.69) is 0 Å². The zero-order chi connectivity index (χ0) is 16.3. The Morgan fingerprint density at radius 3 is 1.32 bits per heavy atom. The maximum Gasteiger partial charge on any atom is 0.338 e. The summed E-state index contributed by atoms with van der Waals surface area (Å²) in [7, 11) is 5.55. The summed E-state index contributed by atoms with van der Waals surface area (Å²) in [5, 5.41) is 1.43. The lowest BCUT2D eigenvalue weighted by atomic mass is 10.00. The lowest BCUT2D eigenvalue weighted by molar-refractivity contribution is 0.0555. The number of carbonyl (C=O) groups excluding carboxylic acids is 2. The molecule has 0 amide bonds. The molecule has 0 saturated heterocycles. The lowest BCUT2D eigenvalue weighted by Crippen LogP contribution is -2.11. The monoisotopic (exact) mass is 304 g/mol. The van der Waals surface area contributed by atoms with E-state index in [4.69, 9.17) is 18.9 Å². The van der Waals surface area contributed by atoms with Gasteiger partial charge in [0.25, 0.3) is 0 Å². The smallest absolute Gasteiger partial charge is 0.338 e. The first-order valence-corrected chi connectivity index (χ1v) is 6.42. The third-order valence-electron chi connectivity index (χ3n) is 3.29. The molecule has 0 aromatic heterocycles. The highest BCUT2D eigenvalue weighted by Gasteiger charge is 2.20. The van der Waals surface area contributed by atoms with Crippen LogP contribution in [0.1, 0.15) is 20.7 Å². The topological polar surface area (TPSA) is 71.1 Å². The van der Waals surface area contributed by atoms with Gasteiger partial charge >= 0.3 is 11.9 Å². The second-order valence-electron chi connectivity index (χ2n) is 4.44. The van der Waals surface area contributed by atoms with Gasteiger partial charge in [-0.15, -0.1) is 0 Å². The van der Waals surface area contributed by atoms with Crippen LogP contribution in [0.3, 0.4) is 0 Å². The Kier molecular flexibility index (Phi) is 4.50. The van der Waals surface area contributed by atoms with Gasteiger partial charge < -0.3 is 18.9 Å². The molecule has 0 bridgehead atoms. The van der Waals surface area contributed by atoms with Crippen LogP contribution >= 0.6 is 0 Å². The first-order valence-electron chi connectivity index (χ1n) is 6.42. The molecule has 2 rings (SSSR count). The van der Waals surface area contributed by atoms with Gasteiger partial charge in [0, 0.05) is 0 Å². The SMILES string of the molecule is COC(=O)c1cc2cc(OC)c(OC)cc2cc1C(=O)OC. The quantitative estimate of drug-likeness (QED) is 0.808. The number of hydrogen-bond donors (Lipinski definition) is 0. The molecule has 0 fully saturated rings. The molecule has 0 radical (unpaired) electrons. The first-order chi connectivity index (χ1) is 10.5. The summed E-state index contributed by atoms with van der Waals surface area (Å²) in [4.78, 5) is 23.8. The van der Waals surface area contributed by atoms with Crippen molar-refractivity contribution in [1.29, 1.82) is 0 Å². The number of esters is 2. The number of ether oxygens (including phenoxy) is 4. The molecule has 0 atom stereocenters. The van der Waals surface area contributed by atoms with Crippen molar-refractivity contribution in [3.05, 3.63) is 35.4 Å². The maximum absolute atomic E-state index is 11.9. The van der Waals surface area contributed by atoms with Gasteiger partial charge in [-0.3, -0.25) is 0 Å². The number of fused-ring (bicyclic) bond motifs is 1. The number of methoxy groups -OCH3 is 4. The minimum absolute atomic E-state index is 0.133. The fraction of sp³-hybridized carbons (Fsp3) is 0.250. The Labute approximate surface area is 127 Å². The van der Waals surface area contributed by atoms with Crippen molar-refractivity contribution in [2.45, 2.75) is 0 Å². The minimum atomic E-state index is -0.614.